The molecule has 8 heteroatoms. The first-order valence-corrected chi connectivity index (χ1v) is 11.0. The molecule has 4 aromatic rings. The number of piperidine rings is 2. The molecule has 154 valence electrons. The molecule has 2 aliphatic heterocycles. The molecular formula is C22H26N8. The van der Waals surface area contributed by atoms with Crippen LogP contribution in [0.1, 0.15) is 43.7 Å². The first-order chi connectivity index (χ1) is 14.9. The molecule has 0 aliphatic carbocycles. The lowest BCUT2D eigenvalue weighted by atomic mass is 9.94. The van der Waals surface area contributed by atoms with Crippen molar-refractivity contribution < 1.29 is 0 Å². The van der Waals surface area contributed by atoms with Crippen LogP contribution in [0.15, 0.2) is 24.4 Å². The third kappa shape index (κ3) is 3.02. The molecule has 2 aliphatic rings. The fourth-order valence-electron chi connectivity index (χ4n) is 4.79. The van der Waals surface area contributed by atoms with E-state index in [0.717, 1.165) is 84.1 Å². The number of aromatic amines is 2. The van der Waals surface area contributed by atoms with E-state index < -0.39 is 0 Å². The fourth-order valence-corrected chi connectivity index (χ4v) is 4.79. The lowest BCUT2D eigenvalue weighted by molar-refractivity contribution is 0.454. The van der Waals surface area contributed by atoms with Crippen molar-refractivity contribution >= 4 is 27.9 Å². The number of hydrogen-bond acceptors (Lipinski definition) is 6. The summed E-state index contributed by atoms with van der Waals surface area (Å²) in [5.41, 5.74) is 5.67. The summed E-state index contributed by atoms with van der Waals surface area (Å²) in [6.45, 7) is 4.19. The quantitative estimate of drug-likeness (QED) is 0.486. The SMILES string of the molecule is c1cc2[nH]c(-c3n[nH]c4ccc(C5CCNCC5)nc34)nc2c(N2CCCCC2)n1. The molecule has 2 saturated heterocycles. The molecule has 0 saturated carbocycles. The molecule has 30 heavy (non-hydrogen) atoms. The molecular weight excluding hydrogens is 376 g/mol. The summed E-state index contributed by atoms with van der Waals surface area (Å²) >= 11 is 0. The summed E-state index contributed by atoms with van der Waals surface area (Å²) in [6.07, 6.45) is 7.83. The molecule has 3 N–H and O–H groups in total. The summed E-state index contributed by atoms with van der Waals surface area (Å²) in [5, 5.41) is 11.1. The molecule has 0 radical (unpaired) electrons. The average Bonchev–Trinajstić information content (AvgIpc) is 3.43. The molecule has 6 heterocycles. The normalized spacial score (nSPS) is 18.5. The number of H-pyrrole nitrogens is 2. The molecule has 8 nitrogen and oxygen atoms in total. The number of imidazole rings is 1. The van der Waals surface area contributed by atoms with Crippen molar-refractivity contribution in [1.29, 1.82) is 0 Å². The number of anilines is 1. The molecule has 0 spiro atoms. The van der Waals surface area contributed by atoms with E-state index >= 15 is 0 Å². The van der Waals surface area contributed by atoms with Crippen LogP contribution < -0.4 is 10.2 Å². The number of nitrogens with one attached hydrogen (secondary N) is 3. The Labute approximate surface area is 174 Å². The van der Waals surface area contributed by atoms with Gasteiger partial charge in [0.25, 0.3) is 0 Å². The standard InChI is InChI=1S/C22H26N8/c1-2-12-30(13-3-1)22-19-16(8-11-24-22)26-21(27-19)20-18-17(28-29-20)5-4-15(25-18)14-6-9-23-10-7-14/h4-5,8,11,14,23H,1-3,6-7,9-10,12-13H2,(H,26,27)(H,28,29). The Hall–Kier alpha value is -3.00. The second-order valence-electron chi connectivity index (χ2n) is 8.39. The predicted octanol–water partition coefficient (Wildman–Crippen LogP) is 3.35. The zero-order chi connectivity index (χ0) is 19.9. The molecule has 0 amide bonds. The van der Waals surface area contributed by atoms with Crippen LogP contribution in [-0.2, 0) is 0 Å². The molecule has 2 fully saturated rings. The lowest BCUT2D eigenvalue weighted by Gasteiger charge is -2.27. The van der Waals surface area contributed by atoms with Gasteiger partial charge < -0.3 is 15.2 Å². The first kappa shape index (κ1) is 17.8. The molecule has 0 aromatic carbocycles. The Balaban J connectivity index is 1.42. The van der Waals surface area contributed by atoms with Crippen molar-refractivity contribution in [3.63, 3.8) is 0 Å². The van der Waals surface area contributed by atoms with Gasteiger partial charge in [0.15, 0.2) is 17.3 Å². The van der Waals surface area contributed by atoms with Crippen molar-refractivity contribution in [1.82, 2.24) is 35.5 Å². The van der Waals surface area contributed by atoms with Crippen LogP contribution in [0.5, 0.6) is 0 Å². The maximum absolute atomic E-state index is 5.01. The second kappa shape index (κ2) is 7.36. The fraction of sp³-hybridized carbons (Fsp3) is 0.455. The van der Waals surface area contributed by atoms with Gasteiger partial charge in [-0.15, -0.1) is 0 Å². The zero-order valence-corrected chi connectivity index (χ0v) is 17.0. The lowest BCUT2D eigenvalue weighted by Crippen LogP contribution is -2.30. The van der Waals surface area contributed by atoms with Gasteiger partial charge in [0, 0.05) is 30.9 Å². The minimum atomic E-state index is 0.504. The molecule has 0 unspecified atom stereocenters. The van der Waals surface area contributed by atoms with E-state index in [0.29, 0.717) is 5.92 Å². The van der Waals surface area contributed by atoms with Gasteiger partial charge in [-0.3, -0.25) is 5.10 Å². The van der Waals surface area contributed by atoms with Gasteiger partial charge in [-0.25, -0.2) is 15.0 Å². The number of rotatable bonds is 3. The zero-order valence-electron chi connectivity index (χ0n) is 17.0. The van der Waals surface area contributed by atoms with E-state index in [1.165, 1.54) is 19.3 Å². The van der Waals surface area contributed by atoms with Crippen LogP contribution in [0.3, 0.4) is 0 Å². The molecule has 0 bridgehead atoms. The van der Waals surface area contributed by atoms with Gasteiger partial charge in [-0.2, -0.15) is 5.10 Å². The third-order valence-electron chi connectivity index (χ3n) is 6.45. The van der Waals surface area contributed by atoms with Gasteiger partial charge in [-0.05, 0) is 63.4 Å². The minimum absolute atomic E-state index is 0.504. The van der Waals surface area contributed by atoms with Crippen LogP contribution in [0, 0.1) is 0 Å². The van der Waals surface area contributed by atoms with Gasteiger partial charge in [-0.1, -0.05) is 0 Å². The topological polar surface area (TPSA) is 98.4 Å². The van der Waals surface area contributed by atoms with E-state index in [1.54, 1.807) is 0 Å². The smallest absolute Gasteiger partial charge is 0.161 e. The molecule has 4 aromatic heterocycles. The molecule has 6 rings (SSSR count). The maximum atomic E-state index is 5.01. The number of pyridine rings is 2. The Morgan fingerprint density at radius 1 is 0.900 bits per heavy atom. The Bertz CT molecular complexity index is 1180. The van der Waals surface area contributed by atoms with E-state index in [1.807, 2.05) is 12.3 Å². The number of hydrogen-bond donors (Lipinski definition) is 3. The van der Waals surface area contributed by atoms with Crippen LogP contribution >= 0.6 is 0 Å². The molecule has 0 atom stereocenters. The number of aromatic nitrogens is 6. The highest BCUT2D eigenvalue weighted by molar-refractivity contribution is 5.93. The van der Waals surface area contributed by atoms with E-state index in [4.69, 9.17) is 9.97 Å². The third-order valence-corrected chi connectivity index (χ3v) is 6.45. The van der Waals surface area contributed by atoms with Crippen molar-refractivity contribution in [3.05, 3.63) is 30.1 Å². The largest absolute Gasteiger partial charge is 0.355 e. The van der Waals surface area contributed by atoms with E-state index in [9.17, 15) is 0 Å². The highest BCUT2D eigenvalue weighted by Crippen LogP contribution is 2.31. The average molecular weight is 403 g/mol. The number of fused-ring (bicyclic) bond motifs is 2. The van der Waals surface area contributed by atoms with Crippen molar-refractivity contribution in [2.24, 2.45) is 0 Å². The Kier molecular flexibility index (Phi) is 4.37. The van der Waals surface area contributed by atoms with Crippen LogP contribution in [-0.4, -0.2) is 56.3 Å². The maximum Gasteiger partial charge on any atom is 0.161 e. The van der Waals surface area contributed by atoms with Crippen molar-refractivity contribution in [3.8, 4) is 11.5 Å². The summed E-state index contributed by atoms with van der Waals surface area (Å²) in [5.74, 6) is 2.22. The van der Waals surface area contributed by atoms with Gasteiger partial charge >= 0.3 is 0 Å². The Morgan fingerprint density at radius 2 is 1.77 bits per heavy atom. The summed E-state index contributed by atoms with van der Waals surface area (Å²) < 4.78 is 0. The van der Waals surface area contributed by atoms with E-state index in [2.05, 4.69) is 42.5 Å². The highest BCUT2D eigenvalue weighted by Gasteiger charge is 2.22. The first-order valence-electron chi connectivity index (χ1n) is 11.0. The summed E-state index contributed by atoms with van der Waals surface area (Å²) in [7, 11) is 0. The summed E-state index contributed by atoms with van der Waals surface area (Å²) in [4.78, 5) is 20.4. The minimum Gasteiger partial charge on any atom is -0.355 e. The monoisotopic (exact) mass is 402 g/mol. The summed E-state index contributed by atoms with van der Waals surface area (Å²) in [6, 6.07) is 6.22. The Morgan fingerprint density at radius 3 is 2.63 bits per heavy atom. The van der Waals surface area contributed by atoms with Crippen LogP contribution in [0.4, 0.5) is 5.82 Å². The van der Waals surface area contributed by atoms with Gasteiger partial charge in [0.2, 0.25) is 0 Å². The van der Waals surface area contributed by atoms with Crippen molar-refractivity contribution in [2.75, 3.05) is 31.1 Å². The van der Waals surface area contributed by atoms with Crippen LogP contribution in [0.2, 0.25) is 0 Å². The van der Waals surface area contributed by atoms with E-state index in [-0.39, 0.29) is 0 Å². The van der Waals surface area contributed by atoms with Gasteiger partial charge in [0.1, 0.15) is 11.0 Å². The van der Waals surface area contributed by atoms with Crippen molar-refractivity contribution in [2.45, 2.75) is 38.0 Å². The highest BCUT2D eigenvalue weighted by atomic mass is 15.2. The second-order valence-corrected chi connectivity index (χ2v) is 8.39. The number of nitrogens with zero attached hydrogens (tertiary/aromatic N) is 5. The van der Waals surface area contributed by atoms with Crippen LogP contribution in [0.25, 0.3) is 33.6 Å². The van der Waals surface area contributed by atoms with Gasteiger partial charge in [0.05, 0.1) is 11.0 Å². The predicted molar refractivity (Wildman–Crippen MR) is 118 cm³/mol.